The van der Waals surface area contributed by atoms with Crippen molar-refractivity contribution in [3.8, 4) is 0 Å². The van der Waals surface area contributed by atoms with E-state index in [0.29, 0.717) is 0 Å². The molecule has 2 nitrogen and oxygen atoms in total. The van der Waals surface area contributed by atoms with Crippen LogP contribution < -0.4 is 5.73 Å². The minimum Gasteiger partial charge on any atom is -0.385 e. The van der Waals surface area contributed by atoms with Crippen LogP contribution in [-0.2, 0) is 0 Å². The van der Waals surface area contributed by atoms with Crippen molar-refractivity contribution >= 4 is 5.82 Å². The fourth-order valence-corrected chi connectivity index (χ4v) is 0.750. The molecule has 0 spiro atoms. The molecule has 0 aromatic carbocycles. The smallest absolute Gasteiger partial charge is 0.103 e. The Morgan fingerprint density at radius 3 is 2.25 bits per heavy atom. The van der Waals surface area contributed by atoms with Crippen molar-refractivity contribution in [3.05, 3.63) is 17.3 Å². The third-order valence-corrected chi connectivity index (χ3v) is 1.19. The SMILES string of the molecule is Cc1cc(C)c(N)[nH]1. The zero-order chi connectivity index (χ0) is 6.15. The van der Waals surface area contributed by atoms with Gasteiger partial charge in [0.05, 0.1) is 0 Å². The van der Waals surface area contributed by atoms with E-state index in [1.807, 2.05) is 19.9 Å². The number of nitrogens with two attached hydrogens (primary N) is 1. The van der Waals surface area contributed by atoms with E-state index in [2.05, 4.69) is 4.98 Å². The quantitative estimate of drug-likeness (QED) is 0.518. The number of rotatable bonds is 0. The highest BCUT2D eigenvalue weighted by Crippen LogP contribution is 2.08. The van der Waals surface area contributed by atoms with Gasteiger partial charge in [-0.3, -0.25) is 0 Å². The maximum atomic E-state index is 5.49. The molecule has 1 heterocycles. The van der Waals surface area contributed by atoms with E-state index < -0.39 is 0 Å². The molecule has 1 aromatic rings. The lowest BCUT2D eigenvalue weighted by Gasteiger charge is -1.83. The molecule has 0 amide bonds. The standard InChI is InChI=1S/C6H10N2/c1-4-3-5(2)8-6(4)7/h3,8H,7H2,1-2H3. The van der Waals surface area contributed by atoms with Crippen molar-refractivity contribution in [2.45, 2.75) is 13.8 Å². The van der Waals surface area contributed by atoms with Crippen molar-refractivity contribution in [2.75, 3.05) is 5.73 Å². The Morgan fingerprint density at radius 2 is 2.12 bits per heavy atom. The molecule has 0 aliphatic carbocycles. The molecule has 0 unspecified atom stereocenters. The molecule has 0 bridgehead atoms. The minimum absolute atomic E-state index is 0.780. The first kappa shape index (κ1) is 5.22. The average molecular weight is 110 g/mol. The van der Waals surface area contributed by atoms with E-state index in [0.717, 1.165) is 17.1 Å². The maximum Gasteiger partial charge on any atom is 0.103 e. The van der Waals surface area contributed by atoms with Crippen LogP contribution in [0.15, 0.2) is 6.07 Å². The summed E-state index contributed by atoms with van der Waals surface area (Å²) in [7, 11) is 0. The topological polar surface area (TPSA) is 41.8 Å². The fourth-order valence-electron chi connectivity index (χ4n) is 0.750. The van der Waals surface area contributed by atoms with Crippen molar-refractivity contribution in [2.24, 2.45) is 0 Å². The van der Waals surface area contributed by atoms with Crippen molar-refractivity contribution in [3.63, 3.8) is 0 Å². The number of nitrogens with one attached hydrogen (secondary N) is 1. The van der Waals surface area contributed by atoms with Gasteiger partial charge in [-0.25, -0.2) is 0 Å². The van der Waals surface area contributed by atoms with Crippen molar-refractivity contribution in [1.29, 1.82) is 0 Å². The van der Waals surface area contributed by atoms with E-state index in [-0.39, 0.29) is 0 Å². The number of aryl methyl sites for hydroxylation is 2. The highest BCUT2D eigenvalue weighted by atomic mass is 14.8. The molecule has 0 saturated heterocycles. The van der Waals surface area contributed by atoms with Crippen LogP contribution in [0.5, 0.6) is 0 Å². The summed E-state index contributed by atoms with van der Waals surface area (Å²) in [4.78, 5) is 2.98. The van der Waals surface area contributed by atoms with E-state index in [9.17, 15) is 0 Å². The van der Waals surface area contributed by atoms with Crippen LogP contribution in [0.25, 0.3) is 0 Å². The molecule has 0 aliphatic heterocycles. The third-order valence-electron chi connectivity index (χ3n) is 1.19. The normalized spacial score (nSPS) is 9.75. The minimum atomic E-state index is 0.780. The number of hydrogen-bond donors (Lipinski definition) is 2. The largest absolute Gasteiger partial charge is 0.385 e. The summed E-state index contributed by atoms with van der Waals surface area (Å²) >= 11 is 0. The highest BCUT2D eigenvalue weighted by Gasteiger charge is 1.92. The molecule has 0 fully saturated rings. The van der Waals surface area contributed by atoms with Gasteiger partial charge in [0.15, 0.2) is 0 Å². The van der Waals surface area contributed by atoms with Crippen LogP contribution in [0, 0.1) is 13.8 Å². The third kappa shape index (κ3) is 0.689. The molecule has 8 heavy (non-hydrogen) atoms. The molecule has 44 valence electrons. The first-order chi connectivity index (χ1) is 3.70. The van der Waals surface area contributed by atoms with Gasteiger partial charge in [-0.1, -0.05) is 0 Å². The van der Waals surface area contributed by atoms with Gasteiger partial charge in [0.25, 0.3) is 0 Å². The lowest BCUT2D eigenvalue weighted by Crippen LogP contribution is -1.85. The molecule has 0 saturated carbocycles. The zero-order valence-corrected chi connectivity index (χ0v) is 5.15. The molecule has 0 atom stereocenters. The lowest BCUT2D eigenvalue weighted by molar-refractivity contribution is 1.27. The molecule has 3 N–H and O–H groups in total. The molecule has 0 radical (unpaired) electrons. The first-order valence-corrected chi connectivity index (χ1v) is 2.62. The van der Waals surface area contributed by atoms with Gasteiger partial charge in [-0.05, 0) is 25.5 Å². The Labute approximate surface area is 48.7 Å². The van der Waals surface area contributed by atoms with E-state index in [1.165, 1.54) is 0 Å². The second kappa shape index (κ2) is 1.54. The molecular formula is C6H10N2. The van der Waals surface area contributed by atoms with Crippen LogP contribution in [-0.4, -0.2) is 4.98 Å². The number of H-pyrrole nitrogens is 1. The Bertz CT molecular complexity index is 169. The van der Waals surface area contributed by atoms with Crippen molar-refractivity contribution < 1.29 is 0 Å². The van der Waals surface area contributed by atoms with Crippen LogP contribution >= 0.6 is 0 Å². The highest BCUT2D eigenvalue weighted by molar-refractivity contribution is 5.40. The Kier molecular flexibility index (Phi) is 1.01. The van der Waals surface area contributed by atoms with Gasteiger partial charge in [0.2, 0.25) is 0 Å². The molecule has 1 rings (SSSR count). The van der Waals surface area contributed by atoms with Crippen LogP contribution in [0.3, 0.4) is 0 Å². The van der Waals surface area contributed by atoms with E-state index in [1.54, 1.807) is 0 Å². The van der Waals surface area contributed by atoms with Gasteiger partial charge in [-0.2, -0.15) is 0 Å². The van der Waals surface area contributed by atoms with Gasteiger partial charge in [-0.15, -0.1) is 0 Å². The van der Waals surface area contributed by atoms with Crippen LogP contribution in [0.4, 0.5) is 5.82 Å². The Hall–Kier alpha value is -0.920. The maximum absolute atomic E-state index is 5.49. The fraction of sp³-hybridized carbons (Fsp3) is 0.333. The van der Waals surface area contributed by atoms with Crippen LogP contribution in [0.2, 0.25) is 0 Å². The second-order valence-corrected chi connectivity index (χ2v) is 2.05. The molecule has 2 heteroatoms. The van der Waals surface area contributed by atoms with Crippen molar-refractivity contribution in [1.82, 2.24) is 4.98 Å². The summed E-state index contributed by atoms with van der Waals surface area (Å²) < 4.78 is 0. The summed E-state index contributed by atoms with van der Waals surface area (Å²) in [5, 5.41) is 0. The summed E-state index contributed by atoms with van der Waals surface area (Å²) in [5.74, 6) is 0.780. The number of aromatic nitrogens is 1. The Morgan fingerprint density at radius 1 is 1.50 bits per heavy atom. The molecular weight excluding hydrogens is 100 g/mol. The second-order valence-electron chi connectivity index (χ2n) is 2.05. The zero-order valence-electron chi connectivity index (χ0n) is 5.15. The number of hydrogen-bond acceptors (Lipinski definition) is 1. The predicted molar refractivity (Wildman–Crippen MR) is 34.7 cm³/mol. The predicted octanol–water partition coefficient (Wildman–Crippen LogP) is 1.21. The van der Waals surface area contributed by atoms with Gasteiger partial charge in [0, 0.05) is 5.69 Å². The van der Waals surface area contributed by atoms with Crippen LogP contribution in [0.1, 0.15) is 11.3 Å². The monoisotopic (exact) mass is 110 g/mol. The van der Waals surface area contributed by atoms with Gasteiger partial charge >= 0.3 is 0 Å². The Balaban J connectivity index is 3.14. The average Bonchev–Trinajstić information content (AvgIpc) is 1.85. The summed E-state index contributed by atoms with van der Waals surface area (Å²) in [6, 6.07) is 2.02. The number of anilines is 1. The first-order valence-electron chi connectivity index (χ1n) is 2.62. The summed E-state index contributed by atoms with van der Waals surface area (Å²) in [6.45, 7) is 3.97. The van der Waals surface area contributed by atoms with E-state index in [4.69, 9.17) is 5.73 Å². The molecule has 1 aromatic heterocycles. The number of aromatic amines is 1. The lowest BCUT2D eigenvalue weighted by atomic mass is 10.3. The number of nitrogen functional groups attached to an aromatic ring is 1. The summed E-state index contributed by atoms with van der Waals surface area (Å²) in [6.07, 6.45) is 0. The summed E-state index contributed by atoms with van der Waals surface area (Å²) in [5.41, 5.74) is 7.74. The van der Waals surface area contributed by atoms with Gasteiger partial charge < -0.3 is 10.7 Å². The molecule has 0 aliphatic rings. The van der Waals surface area contributed by atoms with Gasteiger partial charge in [0.1, 0.15) is 5.82 Å². The van der Waals surface area contributed by atoms with E-state index >= 15 is 0 Å².